The lowest BCUT2D eigenvalue weighted by molar-refractivity contribution is 0.313. The van der Waals surface area contributed by atoms with Crippen molar-refractivity contribution in [2.24, 2.45) is 12.8 Å². The van der Waals surface area contributed by atoms with Crippen molar-refractivity contribution in [3.63, 3.8) is 0 Å². The Kier molecular flexibility index (Phi) is 4.12. The zero-order valence-electron chi connectivity index (χ0n) is 11.0. The first-order chi connectivity index (χ1) is 8.69. The largest absolute Gasteiger partial charge is 0.326 e. The highest BCUT2D eigenvalue weighted by molar-refractivity contribution is 5.26. The maximum Gasteiger partial charge on any atom is 0.0764 e. The molecule has 0 aliphatic rings. The van der Waals surface area contributed by atoms with Gasteiger partial charge in [-0.2, -0.15) is 5.10 Å². The van der Waals surface area contributed by atoms with E-state index in [0.717, 1.165) is 18.8 Å². The molecule has 0 saturated carbocycles. The average molecular weight is 244 g/mol. The minimum Gasteiger partial charge on any atom is -0.326 e. The molecule has 2 rings (SSSR count). The summed E-state index contributed by atoms with van der Waals surface area (Å²) in [5.41, 5.74) is 9.34. The lowest BCUT2D eigenvalue weighted by Gasteiger charge is -2.17. The van der Waals surface area contributed by atoms with Crippen LogP contribution in [-0.2, 0) is 26.7 Å². The van der Waals surface area contributed by atoms with Gasteiger partial charge in [-0.3, -0.25) is 9.58 Å². The zero-order valence-corrected chi connectivity index (χ0v) is 11.0. The first-order valence-electron chi connectivity index (χ1n) is 6.13. The third kappa shape index (κ3) is 3.18. The Hall–Kier alpha value is -1.65. The Morgan fingerprint density at radius 2 is 1.89 bits per heavy atom. The van der Waals surface area contributed by atoms with E-state index in [0.29, 0.717) is 6.54 Å². The highest BCUT2D eigenvalue weighted by Gasteiger charge is 2.06. The third-order valence-electron chi connectivity index (χ3n) is 2.98. The Morgan fingerprint density at radius 1 is 1.17 bits per heavy atom. The van der Waals surface area contributed by atoms with E-state index in [1.165, 1.54) is 11.1 Å². The molecular weight excluding hydrogens is 224 g/mol. The fourth-order valence-electron chi connectivity index (χ4n) is 2.08. The summed E-state index contributed by atoms with van der Waals surface area (Å²) >= 11 is 0. The number of rotatable bonds is 5. The third-order valence-corrected chi connectivity index (χ3v) is 2.98. The number of aromatic nitrogens is 2. The Balaban J connectivity index is 2.00. The van der Waals surface area contributed by atoms with Gasteiger partial charge in [0.05, 0.1) is 5.69 Å². The lowest BCUT2D eigenvalue weighted by Crippen LogP contribution is -2.19. The van der Waals surface area contributed by atoms with Crippen molar-refractivity contribution >= 4 is 0 Å². The standard InChI is InChI=1S/C14H20N4/c1-17(11-14-7-8-18(2)16-14)10-13-6-4-3-5-12(13)9-15/h3-8H,9-11,15H2,1-2H3. The van der Waals surface area contributed by atoms with Crippen LogP contribution in [0, 0.1) is 0 Å². The van der Waals surface area contributed by atoms with Crippen LogP contribution in [0.5, 0.6) is 0 Å². The van der Waals surface area contributed by atoms with Gasteiger partial charge in [-0.05, 0) is 24.2 Å². The van der Waals surface area contributed by atoms with E-state index in [1.807, 2.05) is 30.1 Å². The maximum atomic E-state index is 5.75. The lowest BCUT2D eigenvalue weighted by atomic mass is 10.1. The molecule has 0 spiro atoms. The fraction of sp³-hybridized carbons (Fsp3) is 0.357. The molecule has 4 nitrogen and oxygen atoms in total. The van der Waals surface area contributed by atoms with E-state index in [4.69, 9.17) is 5.73 Å². The highest BCUT2D eigenvalue weighted by atomic mass is 15.3. The topological polar surface area (TPSA) is 47.1 Å². The number of nitrogens with two attached hydrogens (primary N) is 1. The van der Waals surface area contributed by atoms with E-state index in [2.05, 4.69) is 35.2 Å². The monoisotopic (exact) mass is 244 g/mol. The van der Waals surface area contributed by atoms with Gasteiger partial charge in [0.15, 0.2) is 0 Å². The first kappa shape index (κ1) is 12.8. The van der Waals surface area contributed by atoms with Crippen LogP contribution >= 0.6 is 0 Å². The van der Waals surface area contributed by atoms with Gasteiger partial charge in [-0.1, -0.05) is 24.3 Å². The quantitative estimate of drug-likeness (QED) is 0.867. The van der Waals surface area contributed by atoms with Gasteiger partial charge in [0.2, 0.25) is 0 Å². The molecule has 1 aromatic carbocycles. The number of hydrogen-bond donors (Lipinski definition) is 1. The van der Waals surface area contributed by atoms with Gasteiger partial charge >= 0.3 is 0 Å². The molecular formula is C14H20N4. The van der Waals surface area contributed by atoms with Gasteiger partial charge in [-0.25, -0.2) is 0 Å². The summed E-state index contributed by atoms with van der Waals surface area (Å²) in [7, 11) is 4.04. The molecule has 1 heterocycles. The van der Waals surface area contributed by atoms with E-state index in [-0.39, 0.29) is 0 Å². The molecule has 0 fully saturated rings. The normalized spacial score (nSPS) is 11.1. The number of aryl methyl sites for hydroxylation is 1. The molecule has 0 bridgehead atoms. The van der Waals surface area contributed by atoms with Crippen molar-refractivity contribution in [3.8, 4) is 0 Å². The van der Waals surface area contributed by atoms with Crippen LogP contribution in [0.3, 0.4) is 0 Å². The SMILES string of the molecule is CN(Cc1ccn(C)n1)Cc1ccccc1CN. The second-order valence-electron chi connectivity index (χ2n) is 4.63. The summed E-state index contributed by atoms with van der Waals surface area (Å²) in [6.45, 7) is 2.33. The number of hydrogen-bond acceptors (Lipinski definition) is 3. The van der Waals surface area contributed by atoms with Crippen molar-refractivity contribution in [2.75, 3.05) is 7.05 Å². The van der Waals surface area contributed by atoms with Gasteiger partial charge in [0.1, 0.15) is 0 Å². The molecule has 2 N–H and O–H groups in total. The summed E-state index contributed by atoms with van der Waals surface area (Å²) in [6, 6.07) is 10.4. The van der Waals surface area contributed by atoms with E-state index >= 15 is 0 Å². The second kappa shape index (κ2) is 5.80. The molecule has 4 heteroatoms. The summed E-state index contributed by atoms with van der Waals surface area (Å²) < 4.78 is 1.83. The van der Waals surface area contributed by atoms with Crippen LogP contribution < -0.4 is 5.73 Å². The van der Waals surface area contributed by atoms with Crippen LogP contribution in [0.4, 0.5) is 0 Å². The Bertz CT molecular complexity index is 504. The molecule has 0 aliphatic heterocycles. The zero-order chi connectivity index (χ0) is 13.0. The Morgan fingerprint density at radius 3 is 2.50 bits per heavy atom. The summed E-state index contributed by atoms with van der Waals surface area (Å²) in [5, 5.41) is 4.39. The predicted octanol–water partition coefficient (Wildman–Crippen LogP) is 1.51. The van der Waals surface area contributed by atoms with Gasteiger partial charge in [0.25, 0.3) is 0 Å². The molecule has 1 aromatic heterocycles. The maximum absolute atomic E-state index is 5.75. The molecule has 18 heavy (non-hydrogen) atoms. The molecule has 0 aliphatic carbocycles. The molecule has 0 radical (unpaired) electrons. The second-order valence-corrected chi connectivity index (χ2v) is 4.63. The first-order valence-corrected chi connectivity index (χ1v) is 6.13. The van der Waals surface area contributed by atoms with Crippen LogP contribution in [0.15, 0.2) is 36.5 Å². The fourth-order valence-corrected chi connectivity index (χ4v) is 2.08. The summed E-state index contributed by atoms with van der Waals surface area (Å²) in [5.74, 6) is 0. The van der Waals surface area contributed by atoms with E-state index in [9.17, 15) is 0 Å². The Labute approximate surface area is 108 Å². The summed E-state index contributed by atoms with van der Waals surface area (Å²) in [6.07, 6.45) is 1.97. The van der Waals surface area contributed by atoms with Crippen molar-refractivity contribution in [1.29, 1.82) is 0 Å². The van der Waals surface area contributed by atoms with Gasteiger partial charge in [0, 0.05) is 32.9 Å². The van der Waals surface area contributed by atoms with E-state index in [1.54, 1.807) is 0 Å². The molecule has 96 valence electrons. The predicted molar refractivity (Wildman–Crippen MR) is 72.7 cm³/mol. The van der Waals surface area contributed by atoms with Crippen molar-refractivity contribution < 1.29 is 0 Å². The highest BCUT2D eigenvalue weighted by Crippen LogP contribution is 2.11. The molecule has 0 saturated heterocycles. The van der Waals surface area contributed by atoms with Crippen LogP contribution in [-0.4, -0.2) is 21.7 Å². The van der Waals surface area contributed by atoms with Gasteiger partial charge < -0.3 is 5.73 Å². The number of nitrogens with zero attached hydrogens (tertiary/aromatic N) is 3. The molecule has 0 amide bonds. The van der Waals surface area contributed by atoms with Crippen molar-refractivity contribution in [2.45, 2.75) is 19.6 Å². The van der Waals surface area contributed by atoms with Crippen LogP contribution in [0.1, 0.15) is 16.8 Å². The summed E-state index contributed by atoms with van der Waals surface area (Å²) in [4.78, 5) is 2.25. The molecule has 2 aromatic rings. The minimum absolute atomic E-state index is 0.591. The minimum atomic E-state index is 0.591. The smallest absolute Gasteiger partial charge is 0.0764 e. The van der Waals surface area contributed by atoms with Crippen LogP contribution in [0.2, 0.25) is 0 Å². The molecule has 0 atom stereocenters. The van der Waals surface area contributed by atoms with Crippen molar-refractivity contribution in [1.82, 2.24) is 14.7 Å². The van der Waals surface area contributed by atoms with E-state index < -0.39 is 0 Å². The molecule has 0 unspecified atom stereocenters. The number of benzene rings is 1. The van der Waals surface area contributed by atoms with Gasteiger partial charge in [-0.15, -0.1) is 0 Å². The van der Waals surface area contributed by atoms with Crippen LogP contribution in [0.25, 0.3) is 0 Å². The average Bonchev–Trinajstić information content (AvgIpc) is 2.75. The van der Waals surface area contributed by atoms with Crippen molar-refractivity contribution in [3.05, 3.63) is 53.3 Å².